The Labute approximate surface area is 245 Å². The monoisotopic (exact) mass is 570 g/mol. The number of imide groups is 1. The lowest BCUT2D eigenvalue weighted by Gasteiger charge is -2.40. The van der Waals surface area contributed by atoms with Crippen LogP contribution in [-0.2, 0) is 11.3 Å². The zero-order valence-corrected chi connectivity index (χ0v) is 23.8. The number of fused-ring (bicyclic) bond motifs is 1. The molecule has 3 aliphatic rings. The van der Waals surface area contributed by atoms with E-state index in [9.17, 15) is 18.8 Å². The molecule has 3 amide bonds. The van der Waals surface area contributed by atoms with Gasteiger partial charge in [0.1, 0.15) is 11.6 Å². The summed E-state index contributed by atoms with van der Waals surface area (Å²) in [5.74, 6) is -0.361. The molecule has 0 saturated carbocycles. The molecule has 6 rings (SSSR count). The number of anilines is 2. The van der Waals surface area contributed by atoms with E-state index in [0.717, 1.165) is 37.4 Å². The molecule has 0 spiro atoms. The molecule has 3 aromatic carbocycles. The predicted octanol–water partition coefficient (Wildman–Crippen LogP) is 4.59. The van der Waals surface area contributed by atoms with Crippen LogP contribution in [0.15, 0.2) is 66.7 Å². The molecular weight excluding hydrogens is 535 g/mol. The molecule has 0 bridgehead atoms. The van der Waals surface area contributed by atoms with Crippen LogP contribution >= 0.6 is 0 Å². The second-order valence-corrected chi connectivity index (χ2v) is 11.0. The highest BCUT2D eigenvalue weighted by Gasteiger charge is 2.40. The van der Waals surface area contributed by atoms with Gasteiger partial charge in [-0.2, -0.15) is 0 Å². The van der Waals surface area contributed by atoms with Crippen LogP contribution in [-0.4, -0.2) is 73.4 Å². The fourth-order valence-corrected chi connectivity index (χ4v) is 6.36. The number of nitrogens with zero attached hydrogens (tertiary/aromatic N) is 4. The van der Waals surface area contributed by atoms with Gasteiger partial charge in [0.25, 0.3) is 11.8 Å². The van der Waals surface area contributed by atoms with Crippen molar-refractivity contribution in [2.75, 3.05) is 55.7 Å². The number of piperazine rings is 1. The summed E-state index contributed by atoms with van der Waals surface area (Å²) in [6.45, 7) is 6.52. The van der Waals surface area contributed by atoms with Crippen LogP contribution in [0.3, 0.4) is 0 Å². The minimum atomic E-state index is -0.412. The van der Waals surface area contributed by atoms with Gasteiger partial charge in [0.05, 0.1) is 41.6 Å². The Morgan fingerprint density at radius 1 is 0.881 bits per heavy atom. The van der Waals surface area contributed by atoms with Crippen molar-refractivity contribution in [1.82, 2.24) is 9.80 Å². The Balaban J connectivity index is 1.13. The highest BCUT2D eigenvalue weighted by atomic mass is 19.1. The molecule has 9 heteroatoms. The third-order valence-corrected chi connectivity index (χ3v) is 8.42. The number of carbonyl (C=O) groups excluding carboxylic acids is 3. The number of amides is 3. The van der Waals surface area contributed by atoms with E-state index < -0.39 is 5.82 Å². The number of benzene rings is 3. The molecule has 0 N–H and O–H groups in total. The maximum absolute atomic E-state index is 13.7. The molecule has 3 aromatic rings. The van der Waals surface area contributed by atoms with Gasteiger partial charge in [-0.15, -0.1) is 0 Å². The van der Waals surface area contributed by atoms with Crippen LogP contribution in [0.25, 0.3) is 0 Å². The molecule has 2 saturated heterocycles. The Hall–Kier alpha value is -4.40. The smallest absolute Gasteiger partial charge is 0.263 e. The van der Waals surface area contributed by atoms with Gasteiger partial charge in [0.15, 0.2) is 0 Å². The number of hydrogen-bond donors (Lipinski definition) is 0. The van der Waals surface area contributed by atoms with Crippen LogP contribution in [0.1, 0.15) is 46.0 Å². The van der Waals surface area contributed by atoms with E-state index in [4.69, 9.17) is 4.74 Å². The fourth-order valence-electron chi connectivity index (χ4n) is 6.36. The minimum absolute atomic E-state index is 0.00563. The van der Waals surface area contributed by atoms with Gasteiger partial charge in [0, 0.05) is 39.3 Å². The van der Waals surface area contributed by atoms with Crippen molar-refractivity contribution in [2.24, 2.45) is 5.92 Å². The van der Waals surface area contributed by atoms with Crippen molar-refractivity contribution in [3.05, 3.63) is 89.2 Å². The molecule has 0 aliphatic carbocycles. The van der Waals surface area contributed by atoms with Crippen molar-refractivity contribution in [1.29, 1.82) is 0 Å². The van der Waals surface area contributed by atoms with E-state index in [0.29, 0.717) is 55.2 Å². The highest BCUT2D eigenvalue weighted by Crippen LogP contribution is 2.35. The lowest BCUT2D eigenvalue weighted by molar-refractivity contribution is -0.136. The van der Waals surface area contributed by atoms with E-state index in [1.807, 2.05) is 36.1 Å². The lowest BCUT2D eigenvalue weighted by Crippen LogP contribution is -2.52. The first kappa shape index (κ1) is 27.8. The molecule has 0 aromatic heterocycles. The van der Waals surface area contributed by atoms with Crippen LogP contribution in [0.2, 0.25) is 0 Å². The molecule has 8 nitrogen and oxygen atoms in total. The van der Waals surface area contributed by atoms with Gasteiger partial charge in [-0.25, -0.2) is 4.39 Å². The minimum Gasteiger partial charge on any atom is -0.492 e. The van der Waals surface area contributed by atoms with Gasteiger partial charge in [-0.1, -0.05) is 30.3 Å². The van der Waals surface area contributed by atoms with Crippen molar-refractivity contribution in [2.45, 2.75) is 26.3 Å². The third kappa shape index (κ3) is 5.31. The Morgan fingerprint density at radius 3 is 2.43 bits per heavy atom. The second kappa shape index (κ2) is 11.8. The summed E-state index contributed by atoms with van der Waals surface area (Å²) in [5.41, 5.74) is 3.01. The Bertz CT molecular complexity index is 1500. The normalized spacial score (nSPS) is 18.9. The van der Waals surface area contributed by atoms with E-state index in [2.05, 4.69) is 15.9 Å². The maximum Gasteiger partial charge on any atom is 0.263 e. The van der Waals surface area contributed by atoms with Gasteiger partial charge in [0.2, 0.25) is 5.91 Å². The van der Waals surface area contributed by atoms with E-state index >= 15 is 0 Å². The van der Waals surface area contributed by atoms with Gasteiger partial charge < -0.3 is 19.4 Å². The first-order chi connectivity index (χ1) is 20.4. The summed E-state index contributed by atoms with van der Waals surface area (Å²) < 4.78 is 19.6. The number of para-hydroxylation sites is 2. The number of ether oxygens (including phenoxy) is 1. The lowest BCUT2D eigenvalue weighted by atomic mass is 9.94. The van der Waals surface area contributed by atoms with Gasteiger partial charge >= 0.3 is 0 Å². The molecule has 42 heavy (non-hydrogen) atoms. The summed E-state index contributed by atoms with van der Waals surface area (Å²) in [6, 6.07) is 19.3. The maximum atomic E-state index is 13.7. The number of halogens is 1. The summed E-state index contributed by atoms with van der Waals surface area (Å²) in [7, 11) is 0. The first-order valence-corrected chi connectivity index (χ1v) is 14.7. The van der Waals surface area contributed by atoms with Crippen molar-refractivity contribution >= 4 is 29.1 Å². The number of carbonyl (C=O) groups is 3. The van der Waals surface area contributed by atoms with Crippen molar-refractivity contribution in [3.8, 4) is 5.75 Å². The largest absolute Gasteiger partial charge is 0.492 e. The molecule has 0 radical (unpaired) electrons. The van der Waals surface area contributed by atoms with E-state index in [1.54, 1.807) is 24.3 Å². The summed E-state index contributed by atoms with van der Waals surface area (Å²) in [5, 5.41) is 0. The SMILES string of the molecule is CCOc1ccccc1N1CCN(C(=O)[C@@H]2CCCN(c3cccc4c3C(=O)N(Cc3cccc(F)c3)C4=O)C2)CC1. The molecule has 1 atom stereocenters. The quantitative estimate of drug-likeness (QED) is 0.387. The molecule has 3 heterocycles. The average Bonchev–Trinajstić information content (AvgIpc) is 3.26. The van der Waals surface area contributed by atoms with Crippen molar-refractivity contribution in [3.63, 3.8) is 0 Å². The van der Waals surface area contributed by atoms with Crippen LogP contribution in [0, 0.1) is 11.7 Å². The fraction of sp³-hybridized carbons (Fsp3) is 0.364. The summed E-state index contributed by atoms with van der Waals surface area (Å²) in [4.78, 5) is 47.9. The zero-order valence-electron chi connectivity index (χ0n) is 23.8. The number of rotatable bonds is 7. The molecule has 2 fully saturated rings. The molecule has 218 valence electrons. The van der Waals surface area contributed by atoms with E-state index in [1.165, 1.54) is 17.0 Å². The standard InChI is InChI=1S/C33H35FN4O4/c1-2-42-29-14-4-3-12-27(29)35-16-18-36(19-17-35)31(39)24-9-7-15-37(22-24)28-13-6-11-26-30(28)33(41)38(32(26)40)21-23-8-5-10-25(34)20-23/h3-6,8,10-14,20,24H,2,7,9,15-19,21-22H2,1H3/t24-/m1/s1. The summed E-state index contributed by atoms with van der Waals surface area (Å²) in [6.07, 6.45) is 1.60. The molecule has 0 unspecified atom stereocenters. The van der Waals surface area contributed by atoms with Crippen molar-refractivity contribution < 1.29 is 23.5 Å². The Kier molecular flexibility index (Phi) is 7.82. The van der Waals surface area contributed by atoms with Gasteiger partial charge in [-0.3, -0.25) is 19.3 Å². The third-order valence-electron chi connectivity index (χ3n) is 8.42. The average molecular weight is 571 g/mol. The predicted molar refractivity (Wildman–Crippen MR) is 158 cm³/mol. The Morgan fingerprint density at radius 2 is 1.64 bits per heavy atom. The van der Waals surface area contributed by atoms with Gasteiger partial charge in [-0.05, 0) is 61.7 Å². The summed E-state index contributed by atoms with van der Waals surface area (Å²) >= 11 is 0. The van der Waals surface area contributed by atoms with E-state index in [-0.39, 0.29) is 30.2 Å². The van der Waals surface area contributed by atoms with Crippen LogP contribution in [0.5, 0.6) is 5.75 Å². The molecular formula is C33H35FN4O4. The molecule has 3 aliphatic heterocycles. The second-order valence-electron chi connectivity index (χ2n) is 11.0. The number of piperidine rings is 1. The number of hydrogen-bond acceptors (Lipinski definition) is 6. The topological polar surface area (TPSA) is 73.4 Å². The first-order valence-electron chi connectivity index (χ1n) is 14.7. The van der Waals surface area contributed by atoms with Crippen LogP contribution < -0.4 is 14.5 Å². The highest BCUT2D eigenvalue weighted by molar-refractivity contribution is 6.23. The zero-order chi connectivity index (χ0) is 29.2. The van der Waals surface area contributed by atoms with Crippen LogP contribution in [0.4, 0.5) is 15.8 Å².